The first-order valence-electron chi connectivity index (χ1n) is 6.62. The zero-order valence-corrected chi connectivity index (χ0v) is 11.7. The third kappa shape index (κ3) is 3.39. The second-order valence-electron chi connectivity index (χ2n) is 4.96. The van der Waals surface area contributed by atoms with Crippen LogP contribution in [0.3, 0.4) is 0 Å². The van der Waals surface area contributed by atoms with Crippen molar-refractivity contribution in [3.63, 3.8) is 0 Å². The zero-order chi connectivity index (χ0) is 15.5. The van der Waals surface area contributed by atoms with Gasteiger partial charge in [0.2, 0.25) is 5.79 Å². The lowest BCUT2D eigenvalue weighted by Crippen LogP contribution is -2.45. The summed E-state index contributed by atoms with van der Waals surface area (Å²) in [6.07, 6.45) is 2.14. The predicted molar refractivity (Wildman–Crippen MR) is 76.5 cm³/mol. The molecule has 0 saturated carbocycles. The number of benzene rings is 1. The predicted octanol–water partition coefficient (Wildman–Crippen LogP) is 1.27. The van der Waals surface area contributed by atoms with Crippen LogP contribution >= 0.6 is 0 Å². The van der Waals surface area contributed by atoms with E-state index in [0.717, 1.165) is 11.6 Å². The van der Waals surface area contributed by atoms with Crippen molar-refractivity contribution >= 4 is 5.97 Å². The lowest BCUT2D eigenvalue weighted by Gasteiger charge is -2.33. The van der Waals surface area contributed by atoms with E-state index in [0.29, 0.717) is 18.4 Å². The van der Waals surface area contributed by atoms with E-state index in [9.17, 15) is 20.1 Å². The van der Waals surface area contributed by atoms with Gasteiger partial charge in [-0.15, -0.1) is 0 Å². The molecule has 0 fully saturated rings. The van der Waals surface area contributed by atoms with E-state index >= 15 is 0 Å². The highest BCUT2D eigenvalue weighted by molar-refractivity contribution is 5.91. The molecular formula is C16H18O5. The van der Waals surface area contributed by atoms with Gasteiger partial charge in [0.05, 0.1) is 5.57 Å². The number of carboxylic acid groups (broad SMARTS) is 1. The molecule has 0 aliphatic heterocycles. The van der Waals surface area contributed by atoms with Crippen LogP contribution in [0.5, 0.6) is 0 Å². The Kier molecular flexibility index (Phi) is 4.57. The van der Waals surface area contributed by atoms with Crippen molar-refractivity contribution in [3.05, 3.63) is 59.2 Å². The first-order chi connectivity index (χ1) is 9.95. The van der Waals surface area contributed by atoms with Gasteiger partial charge in [0.15, 0.2) is 0 Å². The summed E-state index contributed by atoms with van der Waals surface area (Å²) in [4.78, 5) is 11.3. The number of rotatable bonds is 5. The summed E-state index contributed by atoms with van der Waals surface area (Å²) in [5.74, 6) is -3.30. The number of methoxy groups -OCH3 is 1. The maximum atomic E-state index is 11.3. The minimum Gasteiger partial charge on any atom is -0.478 e. The summed E-state index contributed by atoms with van der Waals surface area (Å²) >= 11 is 0. The van der Waals surface area contributed by atoms with Crippen LogP contribution in [-0.4, -0.2) is 40.3 Å². The quantitative estimate of drug-likeness (QED) is 0.711. The fourth-order valence-electron chi connectivity index (χ4n) is 2.51. The van der Waals surface area contributed by atoms with E-state index in [1.54, 1.807) is 0 Å². The number of carbonyl (C=O) groups is 1. The minimum absolute atomic E-state index is 0.0523. The Bertz CT molecular complexity index is 572. The second kappa shape index (κ2) is 6.22. The van der Waals surface area contributed by atoms with Gasteiger partial charge in [0.25, 0.3) is 0 Å². The average Bonchev–Trinajstić information content (AvgIpc) is 2.45. The smallest absolute Gasteiger partial charge is 0.335 e. The third-order valence-corrected chi connectivity index (χ3v) is 3.54. The van der Waals surface area contributed by atoms with E-state index in [1.807, 2.05) is 30.3 Å². The van der Waals surface area contributed by atoms with Crippen LogP contribution < -0.4 is 0 Å². The lowest BCUT2D eigenvalue weighted by atomic mass is 9.86. The van der Waals surface area contributed by atoms with E-state index < -0.39 is 17.9 Å². The Morgan fingerprint density at radius 2 is 1.90 bits per heavy atom. The van der Waals surface area contributed by atoms with Gasteiger partial charge in [-0.25, -0.2) is 4.79 Å². The number of aryl methyl sites for hydroxylation is 1. The Balaban J connectivity index is 2.29. The Morgan fingerprint density at radius 1 is 1.24 bits per heavy atom. The molecule has 1 aromatic rings. The monoisotopic (exact) mass is 290 g/mol. The number of ether oxygens (including phenoxy) is 1. The number of aliphatic hydroxyl groups is 2. The molecule has 2 rings (SSSR count). The summed E-state index contributed by atoms with van der Waals surface area (Å²) in [7, 11) is 1.33. The van der Waals surface area contributed by atoms with Crippen molar-refractivity contribution in [1.29, 1.82) is 0 Å². The molecule has 1 aromatic carbocycles. The molecule has 1 atom stereocenters. The van der Waals surface area contributed by atoms with Gasteiger partial charge < -0.3 is 20.1 Å². The fraction of sp³-hybridized carbons (Fsp3) is 0.312. The van der Waals surface area contributed by atoms with Crippen molar-refractivity contribution in [2.45, 2.75) is 24.7 Å². The third-order valence-electron chi connectivity index (χ3n) is 3.54. The van der Waals surface area contributed by atoms with Gasteiger partial charge in [-0.3, -0.25) is 0 Å². The average molecular weight is 290 g/mol. The molecule has 0 bridgehead atoms. The molecule has 21 heavy (non-hydrogen) atoms. The topological polar surface area (TPSA) is 87.0 Å². The summed E-state index contributed by atoms with van der Waals surface area (Å²) in [5.41, 5.74) is 1.47. The Labute approximate surface area is 122 Å². The van der Waals surface area contributed by atoms with Gasteiger partial charge in [0.1, 0.15) is 6.10 Å². The van der Waals surface area contributed by atoms with Crippen molar-refractivity contribution < 1.29 is 24.9 Å². The number of hydrogen-bond acceptors (Lipinski definition) is 4. The number of carboxylic acids is 1. The van der Waals surface area contributed by atoms with Crippen LogP contribution in [0.25, 0.3) is 0 Å². The van der Waals surface area contributed by atoms with Crippen LogP contribution in [0, 0.1) is 0 Å². The van der Waals surface area contributed by atoms with E-state index in [2.05, 4.69) is 0 Å². The van der Waals surface area contributed by atoms with Crippen molar-refractivity contribution in [3.8, 4) is 0 Å². The SMILES string of the molecule is COC1C(CCc2ccccc2)=C(C(=O)O)C=CC1(O)O. The van der Waals surface area contributed by atoms with Crippen LogP contribution in [0.15, 0.2) is 53.6 Å². The first-order valence-corrected chi connectivity index (χ1v) is 6.62. The maximum absolute atomic E-state index is 11.3. The molecule has 5 heteroatoms. The molecule has 0 amide bonds. The van der Waals surface area contributed by atoms with E-state index in [1.165, 1.54) is 13.2 Å². The summed E-state index contributed by atoms with van der Waals surface area (Å²) in [6, 6.07) is 9.58. The standard InChI is InChI=1S/C16H18O5/c1-21-14-12(8-7-11-5-3-2-4-6-11)13(15(17)18)9-10-16(14,19)20/h2-6,9-10,14,19-20H,7-8H2,1H3,(H,17,18). The number of aliphatic carboxylic acids is 1. The number of hydrogen-bond donors (Lipinski definition) is 3. The summed E-state index contributed by atoms with van der Waals surface area (Å²) in [5, 5.41) is 29.1. The molecule has 0 radical (unpaired) electrons. The highest BCUT2D eigenvalue weighted by Gasteiger charge is 2.40. The van der Waals surface area contributed by atoms with Crippen molar-refractivity contribution in [1.82, 2.24) is 0 Å². The van der Waals surface area contributed by atoms with E-state index in [4.69, 9.17) is 4.74 Å². The van der Waals surface area contributed by atoms with Crippen LogP contribution in [0.1, 0.15) is 12.0 Å². The zero-order valence-electron chi connectivity index (χ0n) is 11.7. The van der Waals surface area contributed by atoms with Crippen LogP contribution in [0.2, 0.25) is 0 Å². The molecule has 0 aromatic heterocycles. The van der Waals surface area contributed by atoms with Gasteiger partial charge in [-0.05, 0) is 36.1 Å². The fourth-order valence-corrected chi connectivity index (χ4v) is 2.51. The largest absolute Gasteiger partial charge is 0.478 e. The van der Waals surface area contributed by atoms with Crippen LogP contribution in [0.4, 0.5) is 0 Å². The molecule has 1 aliphatic carbocycles. The van der Waals surface area contributed by atoms with Crippen LogP contribution in [-0.2, 0) is 16.0 Å². The molecule has 1 aliphatic rings. The van der Waals surface area contributed by atoms with Gasteiger partial charge in [-0.1, -0.05) is 30.3 Å². The van der Waals surface area contributed by atoms with Gasteiger partial charge in [0, 0.05) is 7.11 Å². The summed E-state index contributed by atoms with van der Waals surface area (Å²) < 4.78 is 5.12. The molecule has 1 unspecified atom stereocenters. The second-order valence-corrected chi connectivity index (χ2v) is 4.96. The van der Waals surface area contributed by atoms with Crippen molar-refractivity contribution in [2.75, 3.05) is 7.11 Å². The van der Waals surface area contributed by atoms with Gasteiger partial charge in [-0.2, -0.15) is 0 Å². The maximum Gasteiger partial charge on any atom is 0.335 e. The Morgan fingerprint density at radius 3 is 2.48 bits per heavy atom. The summed E-state index contributed by atoms with van der Waals surface area (Å²) in [6.45, 7) is 0. The highest BCUT2D eigenvalue weighted by atomic mass is 16.6. The Hall–Kier alpha value is -1.95. The first kappa shape index (κ1) is 15.4. The van der Waals surface area contributed by atoms with Crippen molar-refractivity contribution in [2.24, 2.45) is 0 Å². The molecule has 112 valence electrons. The molecular weight excluding hydrogens is 272 g/mol. The molecule has 0 saturated heterocycles. The molecule has 0 heterocycles. The van der Waals surface area contributed by atoms with E-state index in [-0.39, 0.29) is 5.57 Å². The normalized spacial score (nSPS) is 20.6. The van der Waals surface area contributed by atoms with Gasteiger partial charge >= 0.3 is 5.97 Å². The minimum atomic E-state index is -2.19. The highest BCUT2D eigenvalue weighted by Crippen LogP contribution is 2.31. The molecule has 5 nitrogen and oxygen atoms in total. The molecule has 3 N–H and O–H groups in total. The lowest BCUT2D eigenvalue weighted by molar-refractivity contribution is -0.187. The molecule has 0 spiro atoms.